The molecule has 1 aromatic carbocycles. The molecule has 15 heavy (non-hydrogen) atoms. The monoisotopic (exact) mass is 206 g/mol. The van der Waals surface area contributed by atoms with Gasteiger partial charge in [0.1, 0.15) is 11.5 Å². The van der Waals surface area contributed by atoms with E-state index in [2.05, 4.69) is 0 Å². The van der Waals surface area contributed by atoms with Gasteiger partial charge in [-0.25, -0.2) is 0 Å². The molecule has 0 amide bonds. The van der Waals surface area contributed by atoms with Crippen LogP contribution in [-0.4, -0.2) is 17.0 Å². The van der Waals surface area contributed by atoms with E-state index < -0.39 is 0 Å². The van der Waals surface area contributed by atoms with Gasteiger partial charge in [0.25, 0.3) is 0 Å². The third-order valence-corrected chi connectivity index (χ3v) is 2.60. The zero-order valence-corrected chi connectivity index (χ0v) is 8.86. The molecule has 1 aliphatic heterocycles. The average molecular weight is 206 g/mol. The van der Waals surface area contributed by atoms with E-state index in [1.807, 2.05) is 13.8 Å². The van der Waals surface area contributed by atoms with Gasteiger partial charge in [0.05, 0.1) is 0 Å². The van der Waals surface area contributed by atoms with Gasteiger partial charge >= 0.3 is 0 Å². The number of benzene rings is 1. The van der Waals surface area contributed by atoms with Crippen molar-refractivity contribution in [3.63, 3.8) is 0 Å². The summed E-state index contributed by atoms with van der Waals surface area (Å²) in [6.07, 6.45) is 0.197. The van der Waals surface area contributed by atoms with Gasteiger partial charge in [0, 0.05) is 17.9 Å². The number of phenols is 1. The maximum atomic E-state index is 11.7. The van der Waals surface area contributed by atoms with E-state index >= 15 is 0 Å². The Kier molecular flexibility index (Phi) is 2.39. The van der Waals surface area contributed by atoms with Crippen LogP contribution in [0.25, 0.3) is 0 Å². The lowest BCUT2D eigenvalue weighted by molar-refractivity contribution is -0.128. The predicted molar refractivity (Wildman–Crippen MR) is 56.1 cm³/mol. The lowest BCUT2D eigenvalue weighted by Gasteiger charge is -2.11. The molecular formula is C12H14O3. The molecule has 80 valence electrons. The summed E-state index contributed by atoms with van der Waals surface area (Å²) >= 11 is 0. The second kappa shape index (κ2) is 3.57. The van der Waals surface area contributed by atoms with E-state index in [-0.39, 0.29) is 23.6 Å². The number of phenolic OH excluding ortho intramolecular Hbond substituents is 1. The second-order valence-corrected chi connectivity index (χ2v) is 4.16. The number of aromatic hydroxyl groups is 1. The van der Waals surface area contributed by atoms with Gasteiger partial charge in [-0.3, -0.25) is 4.79 Å². The molecule has 0 aromatic heterocycles. The van der Waals surface area contributed by atoms with E-state index in [9.17, 15) is 9.90 Å². The van der Waals surface area contributed by atoms with Crippen molar-refractivity contribution in [3.05, 3.63) is 23.8 Å². The molecule has 1 unspecified atom stereocenters. The summed E-state index contributed by atoms with van der Waals surface area (Å²) in [5.41, 5.74) is 0.911. The highest BCUT2D eigenvalue weighted by molar-refractivity contribution is 5.86. The number of hydrogen-bond acceptors (Lipinski definition) is 3. The number of carbonyl (C=O) groups excluding carboxylic acids is 1. The zero-order chi connectivity index (χ0) is 11.0. The summed E-state index contributed by atoms with van der Waals surface area (Å²) < 4.78 is 5.52. The Morgan fingerprint density at radius 1 is 1.53 bits per heavy atom. The summed E-state index contributed by atoms with van der Waals surface area (Å²) in [6, 6.07) is 4.93. The highest BCUT2D eigenvalue weighted by Crippen LogP contribution is 2.32. The normalized spacial score (nSPS) is 18.7. The molecule has 1 aromatic rings. The summed E-state index contributed by atoms with van der Waals surface area (Å²) in [5.74, 6) is 1.03. The Labute approximate surface area is 88.7 Å². The number of Topliss-reactive ketones (excluding diaryl/α,β-unsaturated/α-hetero) is 1. The molecular weight excluding hydrogens is 192 g/mol. The molecule has 0 aliphatic carbocycles. The fourth-order valence-corrected chi connectivity index (χ4v) is 1.77. The van der Waals surface area contributed by atoms with Crippen LogP contribution in [0.5, 0.6) is 11.5 Å². The molecule has 1 N–H and O–H groups in total. The van der Waals surface area contributed by atoms with E-state index in [0.29, 0.717) is 12.2 Å². The molecule has 3 nitrogen and oxygen atoms in total. The molecule has 0 saturated carbocycles. The van der Waals surface area contributed by atoms with Crippen LogP contribution in [0.15, 0.2) is 18.2 Å². The second-order valence-electron chi connectivity index (χ2n) is 4.16. The van der Waals surface area contributed by atoms with Crippen LogP contribution in [0.3, 0.4) is 0 Å². The Bertz CT molecular complexity index is 396. The van der Waals surface area contributed by atoms with Crippen molar-refractivity contribution >= 4 is 5.78 Å². The first-order valence-corrected chi connectivity index (χ1v) is 5.10. The van der Waals surface area contributed by atoms with Crippen LogP contribution in [0, 0.1) is 5.92 Å². The first-order chi connectivity index (χ1) is 7.08. The lowest BCUT2D eigenvalue weighted by atomic mass is 10.00. The quantitative estimate of drug-likeness (QED) is 0.804. The van der Waals surface area contributed by atoms with Gasteiger partial charge in [-0.2, -0.15) is 0 Å². The van der Waals surface area contributed by atoms with Crippen LogP contribution in [-0.2, 0) is 11.2 Å². The van der Waals surface area contributed by atoms with Gasteiger partial charge < -0.3 is 9.84 Å². The summed E-state index contributed by atoms with van der Waals surface area (Å²) in [5, 5.41) is 9.29. The van der Waals surface area contributed by atoms with Crippen LogP contribution in [0.1, 0.15) is 19.4 Å². The number of ether oxygens (including phenoxy) is 1. The molecule has 1 heterocycles. The number of fused-ring (bicyclic) bond motifs is 1. The van der Waals surface area contributed by atoms with Crippen molar-refractivity contribution in [1.82, 2.24) is 0 Å². The lowest BCUT2D eigenvalue weighted by Crippen LogP contribution is -2.29. The molecule has 3 heteroatoms. The highest BCUT2D eigenvalue weighted by atomic mass is 16.5. The third kappa shape index (κ3) is 1.82. The van der Waals surface area contributed by atoms with Crippen LogP contribution in [0.4, 0.5) is 0 Å². The molecule has 2 rings (SSSR count). The van der Waals surface area contributed by atoms with Crippen molar-refractivity contribution in [1.29, 1.82) is 0 Å². The third-order valence-electron chi connectivity index (χ3n) is 2.60. The molecule has 0 spiro atoms. The van der Waals surface area contributed by atoms with Gasteiger partial charge in [0.2, 0.25) is 0 Å². The van der Waals surface area contributed by atoms with Crippen molar-refractivity contribution in [2.75, 3.05) is 0 Å². The first kappa shape index (κ1) is 10.0. The number of ketones is 1. The predicted octanol–water partition coefficient (Wildman–Crippen LogP) is 1.92. The zero-order valence-electron chi connectivity index (χ0n) is 8.86. The number of hydrogen-bond donors (Lipinski definition) is 1. The highest BCUT2D eigenvalue weighted by Gasteiger charge is 2.30. The van der Waals surface area contributed by atoms with Gasteiger partial charge in [-0.05, 0) is 18.2 Å². The van der Waals surface area contributed by atoms with E-state index in [4.69, 9.17) is 4.74 Å². The van der Waals surface area contributed by atoms with Gasteiger partial charge in [-0.15, -0.1) is 0 Å². The molecule has 0 radical (unpaired) electrons. The maximum Gasteiger partial charge on any atom is 0.176 e. The fraction of sp³-hybridized carbons (Fsp3) is 0.417. The molecule has 1 atom stereocenters. The minimum Gasteiger partial charge on any atom is -0.508 e. The minimum atomic E-state index is -0.373. The molecule has 0 saturated heterocycles. The summed E-state index contributed by atoms with van der Waals surface area (Å²) in [4.78, 5) is 11.7. The van der Waals surface area contributed by atoms with Gasteiger partial charge in [-0.1, -0.05) is 13.8 Å². The molecule has 0 bridgehead atoms. The van der Waals surface area contributed by atoms with E-state index in [1.54, 1.807) is 18.2 Å². The Morgan fingerprint density at radius 3 is 2.93 bits per heavy atom. The smallest absolute Gasteiger partial charge is 0.176 e. The van der Waals surface area contributed by atoms with Crippen molar-refractivity contribution in [2.45, 2.75) is 26.4 Å². The maximum absolute atomic E-state index is 11.7. The SMILES string of the molecule is CC(C)C(=O)C1Cc2cc(O)ccc2O1. The number of rotatable bonds is 2. The largest absolute Gasteiger partial charge is 0.508 e. The topological polar surface area (TPSA) is 46.5 Å². The van der Waals surface area contributed by atoms with Crippen LogP contribution in [0.2, 0.25) is 0 Å². The van der Waals surface area contributed by atoms with Crippen molar-refractivity contribution < 1.29 is 14.6 Å². The Balaban J connectivity index is 2.19. The molecule has 0 fully saturated rings. The summed E-state index contributed by atoms with van der Waals surface area (Å²) in [6.45, 7) is 3.73. The Hall–Kier alpha value is -1.51. The molecule has 1 aliphatic rings. The average Bonchev–Trinajstić information content (AvgIpc) is 2.58. The fourth-order valence-electron chi connectivity index (χ4n) is 1.77. The van der Waals surface area contributed by atoms with Crippen LogP contribution < -0.4 is 4.74 Å². The van der Waals surface area contributed by atoms with E-state index in [1.165, 1.54) is 0 Å². The Morgan fingerprint density at radius 2 is 2.27 bits per heavy atom. The standard InChI is InChI=1S/C12H14O3/c1-7(2)12(14)11-6-8-5-9(13)3-4-10(8)15-11/h3-5,7,11,13H,6H2,1-2H3. The van der Waals surface area contributed by atoms with Gasteiger partial charge in [0.15, 0.2) is 11.9 Å². The van der Waals surface area contributed by atoms with Crippen molar-refractivity contribution in [3.8, 4) is 11.5 Å². The van der Waals surface area contributed by atoms with E-state index in [0.717, 1.165) is 5.56 Å². The first-order valence-electron chi connectivity index (χ1n) is 5.10. The number of carbonyl (C=O) groups is 1. The van der Waals surface area contributed by atoms with Crippen LogP contribution >= 0.6 is 0 Å². The van der Waals surface area contributed by atoms with Crippen molar-refractivity contribution in [2.24, 2.45) is 5.92 Å². The summed E-state index contributed by atoms with van der Waals surface area (Å²) in [7, 11) is 0. The minimum absolute atomic E-state index is 0.0158.